The normalized spacial score (nSPS) is 20.0. The van der Waals surface area contributed by atoms with E-state index in [1.807, 2.05) is 23.4 Å². The van der Waals surface area contributed by atoms with Gasteiger partial charge in [-0.3, -0.25) is 9.69 Å². The maximum Gasteiger partial charge on any atom is 0.253 e. The Balaban J connectivity index is 1.26. The molecule has 3 aromatic rings. The van der Waals surface area contributed by atoms with Gasteiger partial charge in [0.1, 0.15) is 0 Å². The van der Waals surface area contributed by atoms with Crippen molar-refractivity contribution < 1.29 is 4.79 Å². The summed E-state index contributed by atoms with van der Waals surface area (Å²) in [5.41, 5.74) is 5.37. The number of aromatic nitrogens is 2. The van der Waals surface area contributed by atoms with Gasteiger partial charge in [0.05, 0.1) is 17.4 Å². The Labute approximate surface area is 171 Å². The Morgan fingerprint density at radius 3 is 2.66 bits per heavy atom. The average Bonchev–Trinajstić information content (AvgIpc) is 3.49. The highest BCUT2D eigenvalue weighted by molar-refractivity contribution is 5.94. The van der Waals surface area contributed by atoms with Gasteiger partial charge in [0, 0.05) is 31.2 Å². The molecular formula is C24H28N4O. The number of carbonyl (C=O) groups excluding carboxylic acids is 1. The maximum absolute atomic E-state index is 12.9. The summed E-state index contributed by atoms with van der Waals surface area (Å²) in [5, 5.41) is 0. The standard InChI is InChI=1S/C24H28N4O/c1-18-4-9-22-23(14-18)28(17-25-22)15-19-5-7-20(8-6-19)24(29)27-13-10-21(16-27)26-11-2-3-12-26/h4-9,14,17,21H,2-3,10-13,15-16H2,1H3. The second-order valence-electron chi connectivity index (χ2n) is 8.50. The zero-order valence-electron chi connectivity index (χ0n) is 17.1. The number of hydrogen-bond donors (Lipinski definition) is 0. The minimum absolute atomic E-state index is 0.168. The van der Waals surface area contributed by atoms with Gasteiger partial charge >= 0.3 is 0 Å². The lowest BCUT2D eigenvalue weighted by Crippen LogP contribution is -2.37. The average molecular weight is 389 g/mol. The van der Waals surface area contributed by atoms with Crippen molar-refractivity contribution in [2.24, 2.45) is 0 Å². The monoisotopic (exact) mass is 388 g/mol. The van der Waals surface area contributed by atoms with E-state index < -0.39 is 0 Å². The number of likely N-dealkylation sites (tertiary alicyclic amines) is 2. The number of amides is 1. The zero-order valence-corrected chi connectivity index (χ0v) is 17.1. The molecule has 5 nitrogen and oxygen atoms in total. The van der Waals surface area contributed by atoms with Gasteiger partial charge in [-0.15, -0.1) is 0 Å². The van der Waals surface area contributed by atoms with E-state index in [9.17, 15) is 4.79 Å². The van der Waals surface area contributed by atoms with Crippen LogP contribution in [0.2, 0.25) is 0 Å². The van der Waals surface area contributed by atoms with E-state index in [0.29, 0.717) is 6.04 Å². The summed E-state index contributed by atoms with van der Waals surface area (Å²) >= 11 is 0. The van der Waals surface area contributed by atoms with E-state index in [4.69, 9.17) is 0 Å². The predicted molar refractivity (Wildman–Crippen MR) is 115 cm³/mol. The fourth-order valence-corrected chi connectivity index (χ4v) is 4.76. The van der Waals surface area contributed by atoms with Crippen LogP contribution >= 0.6 is 0 Å². The fraction of sp³-hybridized carbons (Fsp3) is 0.417. The van der Waals surface area contributed by atoms with Gasteiger partial charge in [0.25, 0.3) is 5.91 Å². The van der Waals surface area contributed by atoms with Crippen LogP contribution in [0.25, 0.3) is 11.0 Å². The molecule has 1 aromatic heterocycles. The molecule has 150 valence electrons. The molecule has 3 heterocycles. The summed E-state index contributed by atoms with van der Waals surface area (Å²) in [7, 11) is 0. The molecule has 2 aliphatic rings. The first kappa shape index (κ1) is 18.4. The van der Waals surface area contributed by atoms with Gasteiger partial charge in [-0.1, -0.05) is 18.2 Å². The molecule has 1 unspecified atom stereocenters. The van der Waals surface area contributed by atoms with Crippen LogP contribution in [0.1, 0.15) is 40.7 Å². The molecule has 5 heteroatoms. The third kappa shape index (κ3) is 3.67. The number of nitrogens with zero attached hydrogens (tertiary/aromatic N) is 4. The number of benzene rings is 2. The van der Waals surface area contributed by atoms with Crippen molar-refractivity contribution in [2.45, 2.75) is 38.8 Å². The van der Waals surface area contributed by atoms with Crippen molar-refractivity contribution in [3.05, 3.63) is 65.5 Å². The Bertz CT molecular complexity index is 1020. The highest BCUT2D eigenvalue weighted by atomic mass is 16.2. The molecule has 5 rings (SSSR count). The lowest BCUT2D eigenvalue weighted by Gasteiger charge is -2.23. The Kier molecular flexibility index (Phi) is 4.84. The quantitative estimate of drug-likeness (QED) is 0.684. The molecule has 1 amide bonds. The SMILES string of the molecule is Cc1ccc2ncn(Cc3ccc(C(=O)N4CCC(N5CCCC5)C4)cc3)c2c1. The molecule has 29 heavy (non-hydrogen) atoms. The number of imidazole rings is 1. The first-order valence-corrected chi connectivity index (χ1v) is 10.7. The van der Waals surface area contributed by atoms with E-state index in [0.717, 1.165) is 42.7 Å². The largest absolute Gasteiger partial charge is 0.337 e. The number of aryl methyl sites for hydroxylation is 1. The Hall–Kier alpha value is -2.66. The van der Waals surface area contributed by atoms with Crippen molar-refractivity contribution in [1.29, 1.82) is 0 Å². The van der Waals surface area contributed by atoms with Gasteiger partial charge < -0.3 is 9.47 Å². The summed E-state index contributed by atoms with van der Waals surface area (Å²) in [6, 6.07) is 15.0. The number of carbonyl (C=O) groups is 1. The van der Waals surface area contributed by atoms with E-state index in [2.05, 4.69) is 51.7 Å². The van der Waals surface area contributed by atoms with Gasteiger partial charge in [0.2, 0.25) is 0 Å². The highest BCUT2D eigenvalue weighted by Gasteiger charge is 2.31. The zero-order chi connectivity index (χ0) is 19.8. The molecule has 2 saturated heterocycles. The molecule has 1 atom stereocenters. The molecule has 0 N–H and O–H groups in total. The van der Waals surface area contributed by atoms with Crippen molar-refractivity contribution >= 4 is 16.9 Å². The predicted octanol–water partition coefficient (Wildman–Crippen LogP) is 3.70. The molecule has 0 spiro atoms. The van der Waals surface area contributed by atoms with Gasteiger partial charge in [0.15, 0.2) is 0 Å². The van der Waals surface area contributed by atoms with E-state index in [1.54, 1.807) is 0 Å². The summed E-state index contributed by atoms with van der Waals surface area (Å²) in [6.07, 6.45) is 5.61. The van der Waals surface area contributed by atoms with Gasteiger partial charge in [-0.2, -0.15) is 0 Å². The van der Waals surface area contributed by atoms with Crippen LogP contribution in [0, 0.1) is 6.92 Å². The van der Waals surface area contributed by atoms with Crippen LogP contribution in [-0.2, 0) is 6.54 Å². The highest BCUT2D eigenvalue weighted by Crippen LogP contribution is 2.22. The number of fused-ring (bicyclic) bond motifs is 1. The topological polar surface area (TPSA) is 41.4 Å². The minimum Gasteiger partial charge on any atom is -0.337 e. The van der Waals surface area contributed by atoms with E-state index >= 15 is 0 Å². The van der Waals surface area contributed by atoms with Gasteiger partial charge in [-0.25, -0.2) is 4.98 Å². The Morgan fingerprint density at radius 1 is 1.07 bits per heavy atom. The van der Waals surface area contributed by atoms with Gasteiger partial charge in [-0.05, 0) is 74.7 Å². The van der Waals surface area contributed by atoms with Crippen molar-refractivity contribution in [2.75, 3.05) is 26.2 Å². The summed E-state index contributed by atoms with van der Waals surface area (Å²) in [4.78, 5) is 22.0. The lowest BCUT2D eigenvalue weighted by atomic mass is 10.1. The van der Waals surface area contributed by atoms with Crippen molar-refractivity contribution in [3.8, 4) is 0 Å². The second kappa shape index (κ2) is 7.64. The number of hydrogen-bond acceptors (Lipinski definition) is 3. The molecule has 0 bridgehead atoms. The first-order valence-electron chi connectivity index (χ1n) is 10.7. The van der Waals surface area contributed by atoms with Crippen LogP contribution in [0.3, 0.4) is 0 Å². The smallest absolute Gasteiger partial charge is 0.253 e. The second-order valence-corrected chi connectivity index (χ2v) is 8.50. The van der Waals surface area contributed by atoms with Crippen LogP contribution < -0.4 is 0 Å². The molecule has 2 fully saturated rings. The third-order valence-corrected chi connectivity index (χ3v) is 6.44. The van der Waals surface area contributed by atoms with Crippen molar-refractivity contribution in [3.63, 3.8) is 0 Å². The van der Waals surface area contributed by atoms with Crippen LogP contribution in [0.15, 0.2) is 48.8 Å². The first-order chi connectivity index (χ1) is 14.2. The summed E-state index contributed by atoms with van der Waals surface area (Å²) in [6.45, 7) is 7.01. The molecule has 2 aliphatic heterocycles. The summed E-state index contributed by atoms with van der Waals surface area (Å²) < 4.78 is 2.17. The fourth-order valence-electron chi connectivity index (χ4n) is 4.76. The molecule has 0 radical (unpaired) electrons. The van der Waals surface area contributed by atoms with E-state index in [-0.39, 0.29) is 5.91 Å². The third-order valence-electron chi connectivity index (χ3n) is 6.44. The molecule has 0 aliphatic carbocycles. The summed E-state index contributed by atoms with van der Waals surface area (Å²) in [5.74, 6) is 0.168. The van der Waals surface area contributed by atoms with Crippen LogP contribution in [0.4, 0.5) is 0 Å². The van der Waals surface area contributed by atoms with Crippen LogP contribution in [-0.4, -0.2) is 57.5 Å². The van der Waals surface area contributed by atoms with E-state index in [1.165, 1.54) is 37.1 Å². The maximum atomic E-state index is 12.9. The van der Waals surface area contributed by atoms with Crippen LogP contribution in [0.5, 0.6) is 0 Å². The number of rotatable bonds is 4. The molecule has 0 saturated carbocycles. The molecule has 2 aromatic carbocycles. The molecular weight excluding hydrogens is 360 g/mol. The van der Waals surface area contributed by atoms with Crippen molar-refractivity contribution in [1.82, 2.24) is 19.4 Å². The minimum atomic E-state index is 0.168. The Morgan fingerprint density at radius 2 is 1.86 bits per heavy atom. The lowest BCUT2D eigenvalue weighted by molar-refractivity contribution is 0.0780.